The Balaban J connectivity index is 1.14. The predicted octanol–water partition coefficient (Wildman–Crippen LogP) is 1.89. The van der Waals surface area contributed by atoms with Crippen molar-refractivity contribution in [2.45, 2.75) is 19.4 Å². The Bertz CT molecular complexity index is 856. The summed E-state index contributed by atoms with van der Waals surface area (Å²) in [5.74, 6) is 2.95. The molecule has 2 aromatic rings. The van der Waals surface area contributed by atoms with Gasteiger partial charge in [-0.1, -0.05) is 0 Å². The fraction of sp³-hybridized carbons (Fsp3) is 0.500. The van der Waals surface area contributed by atoms with E-state index in [0.29, 0.717) is 23.8 Å². The molecule has 1 saturated heterocycles. The first-order valence-corrected chi connectivity index (χ1v) is 9.83. The molecule has 0 unspecified atom stereocenters. The Morgan fingerprint density at radius 3 is 2.79 bits per heavy atom. The van der Waals surface area contributed by atoms with E-state index >= 15 is 0 Å². The molecule has 1 N–H and O–H groups in total. The van der Waals surface area contributed by atoms with Crippen molar-refractivity contribution in [1.82, 2.24) is 20.0 Å². The average Bonchev–Trinajstić information content (AvgIpc) is 3.21. The van der Waals surface area contributed by atoms with Gasteiger partial charge in [0.05, 0.1) is 5.69 Å². The van der Waals surface area contributed by atoms with Crippen LogP contribution in [0, 0.1) is 5.92 Å². The number of benzene rings is 1. The number of carbonyl (C=O) groups excluding carboxylic acids is 1. The molecule has 2 aliphatic heterocycles. The van der Waals surface area contributed by atoms with Gasteiger partial charge in [0.25, 0.3) is 5.91 Å². The van der Waals surface area contributed by atoms with E-state index in [4.69, 9.17) is 14.2 Å². The van der Waals surface area contributed by atoms with Crippen molar-refractivity contribution in [3.8, 4) is 17.2 Å². The number of nitrogens with zero attached hydrogens (tertiary/aromatic N) is 3. The maximum absolute atomic E-state index is 12.7. The van der Waals surface area contributed by atoms with E-state index < -0.39 is 0 Å². The SMILES string of the molecule is O=C(c1cc(COc2ccc3c(c2)OCO3)[nH]n1)N1CCN(CC2CC2)CC1. The van der Waals surface area contributed by atoms with E-state index in [9.17, 15) is 4.79 Å². The Morgan fingerprint density at radius 1 is 1.14 bits per heavy atom. The third-order valence-electron chi connectivity index (χ3n) is 5.46. The highest BCUT2D eigenvalue weighted by Gasteiger charge is 2.28. The van der Waals surface area contributed by atoms with Crippen LogP contribution < -0.4 is 14.2 Å². The molecule has 0 spiro atoms. The third-order valence-corrected chi connectivity index (χ3v) is 5.46. The number of fused-ring (bicyclic) bond motifs is 1. The van der Waals surface area contributed by atoms with Gasteiger partial charge in [-0.05, 0) is 37.0 Å². The zero-order valence-electron chi connectivity index (χ0n) is 15.7. The normalized spacial score (nSPS) is 19.1. The van der Waals surface area contributed by atoms with Gasteiger partial charge in [-0.15, -0.1) is 0 Å². The van der Waals surface area contributed by atoms with Gasteiger partial charge in [0, 0.05) is 38.8 Å². The number of hydrogen-bond acceptors (Lipinski definition) is 6. The lowest BCUT2D eigenvalue weighted by atomic mass is 10.2. The average molecular weight is 384 g/mol. The van der Waals surface area contributed by atoms with Crippen LogP contribution in [0.5, 0.6) is 17.2 Å². The molecule has 3 aliphatic rings. The highest BCUT2D eigenvalue weighted by atomic mass is 16.7. The van der Waals surface area contributed by atoms with Gasteiger partial charge in [-0.25, -0.2) is 0 Å². The second-order valence-corrected chi connectivity index (χ2v) is 7.62. The van der Waals surface area contributed by atoms with E-state index in [-0.39, 0.29) is 12.7 Å². The van der Waals surface area contributed by atoms with E-state index in [2.05, 4.69) is 15.1 Å². The lowest BCUT2D eigenvalue weighted by molar-refractivity contribution is 0.0626. The number of aromatic amines is 1. The monoisotopic (exact) mass is 384 g/mol. The van der Waals surface area contributed by atoms with E-state index in [0.717, 1.165) is 43.5 Å². The molecule has 3 heterocycles. The molecule has 2 fully saturated rings. The van der Waals surface area contributed by atoms with Crippen molar-refractivity contribution in [3.63, 3.8) is 0 Å². The molecular formula is C20H24N4O4. The molecule has 1 aromatic carbocycles. The number of nitrogens with one attached hydrogen (secondary N) is 1. The molecule has 1 saturated carbocycles. The maximum atomic E-state index is 12.7. The fourth-order valence-electron chi connectivity index (χ4n) is 3.63. The summed E-state index contributed by atoms with van der Waals surface area (Å²) in [6.07, 6.45) is 2.73. The molecule has 0 bridgehead atoms. The number of amides is 1. The molecule has 28 heavy (non-hydrogen) atoms. The molecule has 0 radical (unpaired) electrons. The molecule has 1 aromatic heterocycles. The summed E-state index contributed by atoms with van der Waals surface area (Å²) in [6.45, 7) is 5.16. The Hall–Kier alpha value is -2.74. The zero-order chi connectivity index (χ0) is 18.9. The van der Waals surface area contributed by atoms with Crippen molar-refractivity contribution in [2.75, 3.05) is 39.5 Å². The maximum Gasteiger partial charge on any atom is 0.274 e. The van der Waals surface area contributed by atoms with E-state index in [1.165, 1.54) is 19.4 Å². The Labute approximate surface area is 163 Å². The van der Waals surface area contributed by atoms with Crippen LogP contribution in [-0.4, -0.2) is 65.4 Å². The highest BCUT2D eigenvalue weighted by Crippen LogP contribution is 2.35. The van der Waals surface area contributed by atoms with Crippen LogP contribution >= 0.6 is 0 Å². The van der Waals surface area contributed by atoms with Crippen LogP contribution in [0.2, 0.25) is 0 Å². The van der Waals surface area contributed by atoms with Gasteiger partial charge in [-0.3, -0.25) is 14.8 Å². The van der Waals surface area contributed by atoms with E-state index in [1.807, 2.05) is 17.0 Å². The number of hydrogen-bond donors (Lipinski definition) is 1. The number of H-pyrrole nitrogens is 1. The van der Waals surface area contributed by atoms with Crippen LogP contribution in [0.15, 0.2) is 24.3 Å². The quantitative estimate of drug-likeness (QED) is 0.819. The minimum absolute atomic E-state index is 0.0170. The first-order chi connectivity index (χ1) is 13.7. The zero-order valence-corrected chi connectivity index (χ0v) is 15.7. The minimum atomic E-state index is -0.0170. The lowest BCUT2D eigenvalue weighted by Gasteiger charge is -2.34. The van der Waals surface area contributed by atoms with Crippen LogP contribution in [-0.2, 0) is 6.61 Å². The number of ether oxygens (including phenoxy) is 3. The van der Waals surface area contributed by atoms with Crippen molar-refractivity contribution < 1.29 is 19.0 Å². The summed E-state index contributed by atoms with van der Waals surface area (Å²) in [4.78, 5) is 17.1. The summed E-state index contributed by atoms with van der Waals surface area (Å²) < 4.78 is 16.4. The van der Waals surface area contributed by atoms with Gasteiger partial charge in [0.1, 0.15) is 12.4 Å². The van der Waals surface area contributed by atoms with E-state index in [1.54, 1.807) is 12.1 Å². The van der Waals surface area contributed by atoms with Gasteiger partial charge in [0.15, 0.2) is 17.2 Å². The van der Waals surface area contributed by atoms with Crippen molar-refractivity contribution in [2.24, 2.45) is 5.92 Å². The summed E-state index contributed by atoms with van der Waals surface area (Å²) in [5, 5.41) is 7.09. The van der Waals surface area contributed by atoms with Crippen LogP contribution in [0.3, 0.4) is 0 Å². The second-order valence-electron chi connectivity index (χ2n) is 7.62. The minimum Gasteiger partial charge on any atom is -0.487 e. The van der Waals surface area contributed by atoms with Crippen LogP contribution in [0.1, 0.15) is 29.0 Å². The topological polar surface area (TPSA) is 79.9 Å². The standard InChI is InChI=1S/C20H24N4O4/c25-20(24-7-5-23(6-8-24)11-14-1-2-14)17-9-15(21-22-17)12-26-16-3-4-18-19(10-16)28-13-27-18/h3-4,9-10,14H,1-2,5-8,11-13H2,(H,21,22). The lowest BCUT2D eigenvalue weighted by Crippen LogP contribution is -2.49. The molecule has 0 atom stereocenters. The van der Waals surface area contributed by atoms with Gasteiger partial charge in [-0.2, -0.15) is 5.10 Å². The highest BCUT2D eigenvalue weighted by molar-refractivity contribution is 5.92. The molecule has 1 amide bonds. The first-order valence-electron chi connectivity index (χ1n) is 9.83. The molecule has 5 rings (SSSR count). The smallest absolute Gasteiger partial charge is 0.274 e. The summed E-state index contributed by atoms with van der Waals surface area (Å²) in [5.41, 5.74) is 1.20. The molecule has 1 aliphatic carbocycles. The molecular weight excluding hydrogens is 360 g/mol. The Kier molecular flexibility index (Phi) is 4.56. The second kappa shape index (κ2) is 7.35. The number of aromatic nitrogens is 2. The number of carbonyl (C=O) groups is 1. The van der Waals surface area contributed by atoms with Crippen molar-refractivity contribution in [1.29, 1.82) is 0 Å². The summed E-state index contributed by atoms with van der Waals surface area (Å²) >= 11 is 0. The summed E-state index contributed by atoms with van der Waals surface area (Å²) in [7, 11) is 0. The number of piperazine rings is 1. The van der Waals surface area contributed by atoms with Crippen LogP contribution in [0.4, 0.5) is 0 Å². The Morgan fingerprint density at radius 2 is 1.96 bits per heavy atom. The van der Waals surface area contributed by atoms with Gasteiger partial charge in [0.2, 0.25) is 6.79 Å². The van der Waals surface area contributed by atoms with Crippen LogP contribution in [0.25, 0.3) is 0 Å². The predicted molar refractivity (Wildman–Crippen MR) is 101 cm³/mol. The summed E-state index contributed by atoms with van der Waals surface area (Å²) in [6, 6.07) is 7.22. The molecule has 148 valence electrons. The molecule has 8 nitrogen and oxygen atoms in total. The largest absolute Gasteiger partial charge is 0.487 e. The first kappa shape index (κ1) is 17.4. The fourth-order valence-corrected chi connectivity index (χ4v) is 3.63. The van der Waals surface area contributed by atoms with Crippen molar-refractivity contribution >= 4 is 5.91 Å². The number of rotatable bonds is 6. The molecule has 8 heteroatoms. The van der Waals surface area contributed by atoms with Gasteiger partial charge >= 0.3 is 0 Å². The van der Waals surface area contributed by atoms with Crippen molar-refractivity contribution in [3.05, 3.63) is 35.7 Å². The third kappa shape index (κ3) is 3.77. The van der Waals surface area contributed by atoms with Gasteiger partial charge < -0.3 is 19.1 Å².